The van der Waals surface area contributed by atoms with Crippen molar-refractivity contribution in [3.05, 3.63) is 24.3 Å². The molecule has 132 valence electrons. The number of hydrogen-bond acceptors (Lipinski definition) is 4. The average molecular weight is 331 g/mol. The molecule has 0 radical (unpaired) electrons. The van der Waals surface area contributed by atoms with Gasteiger partial charge in [-0.2, -0.15) is 0 Å². The van der Waals surface area contributed by atoms with Gasteiger partial charge in [0.2, 0.25) is 0 Å². The van der Waals surface area contributed by atoms with Gasteiger partial charge in [-0.1, -0.05) is 6.08 Å². The molecule has 1 saturated heterocycles. The molecular formula is C17H29N7. The van der Waals surface area contributed by atoms with Crippen molar-refractivity contribution < 1.29 is 0 Å². The molecule has 0 amide bonds. The fraction of sp³-hybridized carbons (Fsp3) is 0.706. The average Bonchev–Trinajstić information content (AvgIpc) is 3.39. The number of aliphatic imine (C=N–C) groups is 1. The Kier molecular flexibility index (Phi) is 5.50. The van der Waals surface area contributed by atoms with Crippen molar-refractivity contribution in [2.24, 2.45) is 12.0 Å². The Morgan fingerprint density at radius 1 is 1.29 bits per heavy atom. The summed E-state index contributed by atoms with van der Waals surface area (Å²) in [6.07, 6.45) is 6.98. The lowest BCUT2D eigenvalue weighted by molar-refractivity contribution is 0.197. The summed E-state index contributed by atoms with van der Waals surface area (Å²) in [7, 11) is 1.97. The molecule has 7 heteroatoms. The van der Waals surface area contributed by atoms with Crippen LogP contribution in [0.1, 0.15) is 37.3 Å². The summed E-state index contributed by atoms with van der Waals surface area (Å²) in [5, 5.41) is 15.1. The van der Waals surface area contributed by atoms with Crippen LogP contribution in [-0.4, -0.2) is 57.3 Å². The molecule has 2 N–H and O–H groups in total. The number of hydrogen-bond donors (Lipinski definition) is 2. The van der Waals surface area contributed by atoms with Crippen molar-refractivity contribution in [1.82, 2.24) is 30.3 Å². The van der Waals surface area contributed by atoms with E-state index in [2.05, 4.69) is 37.3 Å². The largest absolute Gasteiger partial charge is 0.354 e. The molecule has 0 unspecified atom stereocenters. The minimum Gasteiger partial charge on any atom is -0.354 e. The van der Waals surface area contributed by atoms with Crippen molar-refractivity contribution in [1.29, 1.82) is 0 Å². The van der Waals surface area contributed by atoms with Gasteiger partial charge in [-0.15, -0.1) is 16.8 Å². The molecule has 2 aliphatic rings. The third-order valence-corrected chi connectivity index (χ3v) is 4.91. The first-order valence-electron chi connectivity index (χ1n) is 8.92. The molecule has 7 nitrogen and oxygen atoms in total. The van der Waals surface area contributed by atoms with Crippen LogP contribution in [0.5, 0.6) is 0 Å². The summed E-state index contributed by atoms with van der Waals surface area (Å²) in [4.78, 5) is 7.31. The third kappa shape index (κ3) is 4.35. The van der Waals surface area contributed by atoms with Crippen LogP contribution in [-0.2, 0) is 13.6 Å². The van der Waals surface area contributed by atoms with Gasteiger partial charge in [-0.3, -0.25) is 0 Å². The van der Waals surface area contributed by atoms with Gasteiger partial charge in [0.25, 0.3) is 0 Å². The Labute approximate surface area is 144 Å². The van der Waals surface area contributed by atoms with E-state index >= 15 is 0 Å². The maximum absolute atomic E-state index is 4.68. The molecule has 1 saturated carbocycles. The van der Waals surface area contributed by atoms with Crippen LogP contribution in [0.2, 0.25) is 0 Å². The van der Waals surface area contributed by atoms with Crippen molar-refractivity contribution in [2.45, 2.75) is 51.2 Å². The molecule has 1 aromatic heterocycles. The molecule has 0 atom stereocenters. The van der Waals surface area contributed by atoms with Gasteiger partial charge >= 0.3 is 0 Å². The lowest BCUT2D eigenvalue weighted by Crippen LogP contribution is -2.49. The SMILES string of the molecule is C=CCNC(=NCc1nnc(C)n1C)NC1CCN(C2CC2)CC1. The molecule has 24 heavy (non-hydrogen) atoms. The van der Waals surface area contributed by atoms with Gasteiger partial charge < -0.3 is 20.1 Å². The molecule has 2 fully saturated rings. The van der Waals surface area contributed by atoms with E-state index in [0.29, 0.717) is 19.1 Å². The number of aryl methyl sites for hydroxylation is 1. The number of aromatic nitrogens is 3. The summed E-state index contributed by atoms with van der Waals surface area (Å²) in [6.45, 7) is 9.33. The zero-order chi connectivity index (χ0) is 16.9. The Bertz CT molecular complexity index is 580. The number of rotatable bonds is 6. The number of nitrogens with one attached hydrogen (secondary N) is 2. The minimum atomic E-state index is 0.484. The number of nitrogens with zero attached hydrogens (tertiary/aromatic N) is 5. The van der Waals surface area contributed by atoms with E-state index in [4.69, 9.17) is 0 Å². The third-order valence-electron chi connectivity index (χ3n) is 4.91. The second-order valence-corrected chi connectivity index (χ2v) is 6.74. The molecule has 3 rings (SSSR count). The summed E-state index contributed by atoms with van der Waals surface area (Å²) in [5.41, 5.74) is 0. The van der Waals surface area contributed by atoms with E-state index in [1.165, 1.54) is 38.8 Å². The van der Waals surface area contributed by atoms with Crippen LogP contribution < -0.4 is 10.6 Å². The topological polar surface area (TPSA) is 70.4 Å². The number of piperidine rings is 1. The molecule has 0 aromatic carbocycles. The zero-order valence-corrected chi connectivity index (χ0v) is 14.8. The summed E-state index contributed by atoms with van der Waals surface area (Å²) in [6, 6.07) is 1.36. The first-order chi connectivity index (χ1) is 11.7. The molecular weight excluding hydrogens is 302 g/mol. The Balaban J connectivity index is 1.55. The van der Waals surface area contributed by atoms with Crippen LogP contribution in [0.3, 0.4) is 0 Å². The molecule has 0 spiro atoms. The lowest BCUT2D eigenvalue weighted by Gasteiger charge is -2.33. The quantitative estimate of drug-likeness (QED) is 0.462. The summed E-state index contributed by atoms with van der Waals surface area (Å²) in [5.74, 6) is 2.61. The Hall–Kier alpha value is -1.89. The van der Waals surface area contributed by atoms with Gasteiger partial charge in [-0.25, -0.2) is 4.99 Å². The standard InChI is InChI=1S/C17H29N7/c1-4-9-18-17(19-12-16-22-21-13(2)23(16)3)20-14-7-10-24(11-8-14)15-5-6-15/h4,14-15H,1,5-12H2,2-3H3,(H2,18,19,20). The van der Waals surface area contributed by atoms with Crippen LogP contribution in [0.4, 0.5) is 0 Å². The lowest BCUT2D eigenvalue weighted by atomic mass is 10.1. The van der Waals surface area contributed by atoms with Crippen LogP contribution in [0.25, 0.3) is 0 Å². The molecule has 1 aliphatic carbocycles. The second kappa shape index (κ2) is 7.79. The molecule has 0 bridgehead atoms. The highest BCUT2D eigenvalue weighted by Crippen LogP contribution is 2.29. The van der Waals surface area contributed by atoms with Crippen LogP contribution in [0, 0.1) is 6.92 Å². The molecule has 1 aromatic rings. The van der Waals surface area contributed by atoms with Crippen molar-refractivity contribution in [3.63, 3.8) is 0 Å². The normalized spacial score (nSPS) is 20.2. The van der Waals surface area contributed by atoms with Crippen LogP contribution >= 0.6 is 0 Å². The highest BCUT2D eigenvalue weighted by Gasteiger charge is 2.31. The fourth-order valence-electron chi connectivity index (χ4n) is 3.10. The van der Waals surface area contributed by atoms with E-state index in [0.717, 1.165) is 23.7 Å². The predicted octanol–water partition coefficient (Wildman–Crippen LogP) is 0.972. The van der Waals surface area contributed by atoms with Gasteiger partial charge in [0.05, 0.1) is 0 Å². The first-order valence-corrected chi connectivity index (χ1v) is 8.92. The predicted molar refractivity (Wildman–Crippen MR) is 95.8 cm³/mol. The minimum absolute atomic E-state index is 0.484. The first kappa shape index (κ1) is 17.0. The van der Waals surface area contributed by atoms with Gasteiger partial charge in [0, 0.05) is 38.8 Å². The highest BCUT2D eigenvalue weighted by atomic mass is 15.3. The van der Waals surface area contributed by atoms with E-state index in [1.54, 1.807) is 0 Å². The van der Waals surface area contributed by atoms with Crippen LogP contribution in [0.15, 0.2) is 17.6 Å². The van der Waals surface area contributed by atoms with Crippen molar-refractivity contribution >= 4 is 5.96 Å². The monoisotopic (exact) mass is 331 g/mol. The van der Waals surface area contributed by atoms with E-state index in [-0.39, 0.29) is 0 Å². The van der Waals surface area contributed by atoms with Gasteiger partial charge in [-0.05, 0) is 32.6 Å². The molecule has 2 heterocycles. The number of guanidine groups is 1. The van der Waals surface area contributed by atoms with Crippen molar-refractivity contribution in [3.8, 4) is 0 Å². The Morgan fingerprint density at radius 2 is 2.04 bits per heavy atom. The Morgan fingerprint density at radius 3 is 2.62 bits per heavy atom. The van der Waals surface area contributed by atoms with E-state index in [1.807, 2.05) is 24.6 Å². The second-order valence-electron chi connectivity index (χ2n) is 6.74. The highest BCUT2D eigenvalue weighted by molar-refractivity contribution is 5.80. The summed E-state index contributed by atoms with van der Waals surface area (Å²) >= 11 is 0. The van der Waals surface area contributed by atoms with E-state index in [9.17, 15) is 0 Å². The zero-order valence-electron chi connectivity index (χ0n) is 14.8. The number of likely N-dealkylation sites (tertiary alicyclic amines) is 1. The maximum Gasteiger partial charge on any atom is 0.192 e. The fourth-order valence-corrected chi connectivity index (χ4v) is 3.10. The van der Waals surface area contributed by atoms with Crippen molar-refractivity contribution in [2.75, 3.05) is 19.6 Å². The smallest absolute Gasteiger partial charge is 0.192 e. The summed E-state index contributed by atoms with van der Waals surface area (Å²) < 4.78 is 1.97. The van der Waals surface area contributed by atoms with Gasteiger partial charge in [0.15, 0.2) is 11.8 Å². The van der Waals surface area contributed by atoms with Gasteiger partial charge in [0.1, 0.15) is 12.4 Å². The molecule has 1 aliphatic heterocycles. The van der Waals surface area contributed by atoms with E-state index < -0.39 is 0 Å². The maximum atomic E-state index is 4.68.